The van der Waals surface area contributed by atoms with E-state index in [2.05, 4.69) is 22.4 Å². The van der Waals surface area contributed by atoms with E-state index in [-0.39, 0.29) is 6.04 Å². The Morgan fingerprint density at radius 1 is 1.00 bits per heavy atom. The van der Waals surface area contributed by atoms with Gasteiger partial charge in [-0.3, -0.25) is 0 Å². The van der Waals surface area contributed by atoms with Gasteiger partial charge in [0.1, 0.15) is 5.75 Å². The topological polar surface area (TPSA) is 45.2 Å². The highest BCUT2D eigenvalue weighted by molar-refractivity contribution is 7.22. The highest BCUT2D eigenvalue weighted by Crippen LogP contribution is 2.35. The Morgan fingerprint density at radius 3 is 2.65 bits per heavy atom. The molecule has 0 bridgehead atoms. The first-order chi connectivity index (χ1) is 11.2. The van der Waals surface area contributed by atoms with Gasteiger partial charge >= 0.3 is 0 Å². The van der Waals surface area contributed by atoms with Crippen LogP contribution in [0.5, 0.6) is 5.75 Å². The lowest BCUT2D eigenvalue weighted by Gasteiger charge is -2.17. The second kappa shape index (κ2) is 5.56. The quantitative estimate of drug-likeness (QED) is 0.536. The van der Waals surface area contributed by atoms with Gasteiger partial charge in [-0.2, -0.15) is 0 Å². The van der Waals surface area contributed by atoms with Gasteiger partial charge in [-0.15, -0.1) is 0 Å². The van der Waals surface area contributed by atoms with Crippen molar-refractivity contribution in [1.29, 1.82) is 0 Å². The molecule has 0 amide bonds. The fourth-order valence-electron chi connectivity index (χ4n) is 2.93. The third-order valence-electron chi connectivity index (χ3n) is 4.01. The van der Waals surface area contributed by atoms with E-state index in [9.17, 15) is 5.11 Å². The van der Waals surface area contributed by atoms with E-state index in [1.54, 1.807) is 17.4 Å². The number of para-hydroxylation sites is 1. The van der Waals surface area contributed by atoms with Crippen molar-refractivity contribution in [3.05, 3.63) is 66.2 Å². The average Bonchev–Trinajstić information content (AvgIpc) is 2.96. The maximum Gasteiger partial charge on any atom is 0.184 e. The summed E-state index contributed by atoms with van der Waals surface area (Å²) in [6, 6.07) is 19.9. The minimum Gasteiger partial charge on any atom is -0.508 e. The smallest absolute Gasteiger partial charge is 0.184 e. The number of nitrogens with one attached hydrogen (secondary N) is 1. The fraction of sp³-hybridized carbons (Fsp3) is 0.105. The Morgan fingerprint density at radius 2 is 1.78 bits per heavy atom. The molecule has 3 nitrogen and oxygen atoms in total. The zero-order valence-electron chi connectivity index (χ0n) is 12.7. The van der Waals surface area contributed by atoms with E-state index >= 15 is 0 Å². The molecule has 3 aromatic carbocycles. The Kier molecular flexibility index (Phi) is 3.39. The number of fused-ring (bicyclic) bond motifs is 2. The van der Waals surface area contributed by atoms with Crippen LogP contribution in [0.15, 0.2) is 60.7 Å². The van der Waals surface area contributed by atoms with Crippen LogP contribution in [0.3, 0.4) is 0 Å². The van der Waals surface area contributed by atoms with E-state index in [1.807, 2.05) is 49.4 Å². The van der Waals surface area contributed by atoms with Gasteiger partial charge in [0.15, 0.2) is 5.13 Å². The summed E-state index contributed by atoms with van der Waals surface area (Å²) in [7, 11) is 0. The number of nitrogens with zero attached hydrogens (tertiary/aromatic N) is 1. The fourth-order valence-corrected chi connectivity index (χ4v) is 3.88. The lowest BCUT2D eigenvalue weighted by atomic mass is 9.98. The van der Waals surface area contributed by atoms with E-state index in [0.717, 1.165) is 31.7 Å². The molecule has 0 saturated carbocycles. The van der Waals surface area contributed by atoms with Crippen LogP contribution in [0.4, 0.5) is 5.13 Å². The number of hydrogen-bond donors (Lipinski definition) is 2. The van der Waals surface area contributed by atoms with Crippen molar-refractivity contribution in [3.63, 3.8) is 0 Å². The predicted octanol–water partition coefficient (Wildman–Crippen LogP) is 5.33. The summed E-state index contributed by atoms with van der Waals surface area (Å²) in [5.74, 6) is 0.310. The molecule has 2 N–H and O–H groups in total. The number of anilines is 1. The summed E-state index contributed by atoms with van der Waals surface area (Å²) in [5.41, 5.74) is 1.90. The van der Waals surface area contributed by atoms with Gasteiger partial charge in [0.2, 0.25) is 0 Å². The molecular formula is C19H16N2OS. The number of phenols is 1. The van der Waals surface area contributed by atoms with Crippen molar-refractivity contribution in [2.24, 2.45) is 0 Å². The molecule has 4 heteroatoms. The molecule has 4 rings (SSSR count). The van der Waals surface area contributed by atoms with Crippen LogP contribution in [0.1, 0.15) is 18.5 Å². The van der Waals surface area contributed by atoms with Crippen molar-refractivity contribution in [3.8, 4) is 5.75 Å². The van der Waals surface area contributed by atoms with Gasteiger partial charge in [0.25, 0.3) is 0 Å². The Bertz CT molecular complexity index is 960. The zero-order valence-corrected chi connectivity index (χ0v) is 13.5. The van der Waals surface area contributed by atoms with Crippen LogP contribution in [0.25, 0.3) is 21.0 Å². The Balaban J connectivity index is 1.74. The lowest BCUT2D eigenvalue weighted by Crippen LogP contribution is -2.07. The molecule has 0 aliphatic heterocycles. The number of benzene rings is 3. The maximum atomic E-state index is 10.3. The first-order valence-electron chi connectivity index (χ1n) is 7.55. The number of thiazole rings is 1. The summed E-state index contributed by atoms with van der Waals surface area (Å²) >= 11 is 1.63. The molecule has 0 aliphatic rings. The third kappa shape index (κ3) is 2.51. The zero-order chi connectivity index (χ0) is 15.8. The maximum absolute atomic E-state index is 10.3. The second-order valence-corrected chi connectivity index (χ2v) is 6.60. The van der Waals surface area contributed by atoms with Gasteiger partial charge in [0, 0.05) is 5.56 Å². The van der Waals surface area contributed by atoms with Crippen LogP contribution in [-0.4, -0.2) is 10.1 Å². The number of phenolic OH excluding ortho intramolecular Hbond substituents is 1. The Hall–Kier alpha value is -2.59. The van der Waals surface area contributed by atoms with Gasteiger partial charge in [-0.05, 0) is 35.9 Å². The van der Waals surface area contributed by atoms with Crippen LogP contribution in [0, 0.1) is 0 Å². The number of aromatic nitrogens is 1. The summed E-state index contributed by atoms with van der Waals surface area (Å²) < 4.78 is 1.16. The average molecular weight is 320 g/mol. The predicted molar refractivity (Wildman–Crippen MR) is 97.3 cm³/mol. The molecule has 1 atom stereocenters. The molecule has 0 fully saturated rings. The molecule has 0 saturated heterocycles. The molecular weight excluding hydrogens is 304 g/mol. The summed E-state index contributed by atoms with van der Waals surface area (Å²) in [4.78, 5) is 4.61. The van der Waals surface area contributed by atoms with Gasteiger partial charge in [-0.1, -0.05) is 53.8 Å². The minimum atomic E-state index is -0.0401. The van der Waals surface area contributed by atoms with Crippen molar-refractivity contribution in [1.82, 2.24) is 4.98 Å². The summed E-state index contributed by atoms with van der Waals surface area (Å²) in [6.45, 7) is 2.05. The first-order valence-corrected chi connectivity index (χ1v) is 8.37. The SMILES string of the molecule is CC(Nc1nc2ccccc2s1)c1c(O)ccc2ccccc12. The molecule has 114 valence electrons. The number of aromatic hydroxyl groups is 1. The van der Waals surface area contributed by atoms with Crippen molar-refractivity contribution in [2.75, 3.05) is 5.32 Å². The van der Waals surface area contributed by atoms with E-state index in [1.165, 1.54) is 0 Å². The molecule has 0 spiro atoms. The van der Waals surface area contributed by atoms with Gasteiger partial charge in [-0.25, -0.2) is 4.98 Å². The van der Waals surface area contributed by atoms with Crippen LogP contribution in [-0.2, 0) is 0 Å². The molecule has 0 radical (unpaired) electrons. The van der Waals surface area contributed by atoms with Crippen molar-refractivity contribution < 1.29 is 5.11 Å². The molecule has 1 heterocycles. The minimum absolute atomic E-state index is 0.0401. The monoisotopic (exact) mass is 320 g/mol. The second-order valence-electron chi connectivity index (χ2n) is 5.57. The highest BCUT2D eigenvalue weighted by atomic mass is 32.1. The largest absolute Gasteiger partial charge is 0.508 e. The van der Waals surface area contributed by atoms with Crippen molar-refractivity contribution in [2.45, 2.75) is 13.0 Å². The molecule has 1 aromatic heterocycles. The molecule has 4 aromatic rings. The third-order valence-corrected chi connectivity index (χ3v) is 4.98. The Labute approximate surface area is 138 Å². The highest BCUT2D eigenvalue weighted by Gasteiger charge is 2.15. The molecule has 23 heavy (non-hydrogen) atoms. The summed E-state index contributed by atoms with van der Waals surface area (Å²) in [6.07, 6.45) is 0. The molecule has 0 aliphatic carbocycles. The van der Waals surface area contributed by atoms with Crippen LogP contribution in [0.2, 0.25) is 0 Å². The van der Waals surface area contributed by atoms with Gasteiger partial charge in [0.05, 0.1) is 16.3 Å². The van der Waals surface area contributed by atoms with Gasteiger partial charge < -0.3 is 10.4 Å². The molecule has 1 unspecified atom stereocenters. The van der Waals surface area contributed by atoms with Crippen LogP contribution < -0.4 is 5.32 Å². The number of hydrogen-bond acceptors (Lipinski definition) is 4. The van der Waals surface area contributed by atoms with Crippen molar-refractivity contribution >= 4 is 37.5 Å². The lowest BCUT2D eigenvalue weighted by molar-refractivity contribution is 0.467. The van der Waals surface area contributed by atoms with E-state index in [0.29, 0.717) is 5.75 Å². The number of rotatable bonds is 3. The summed E-state index contributed by atoms with van der Waals surface area (Å²) in [5, 5.41) is 16.8. The standard InChI is InChI=1S/C19H16N2OS/c1-12(20-19-21-15-8-4-5-9-17(15)23-19)18-14-7-3-2-6-13(14)10-11-16(18)22/h2-12,22H,1H3,(H,20,21). The van der Waals surface area contributed by atoms with E-state index < -0.39 is 0 Å². The normalized spacial score (nSPS) is 12.6. The first kappa shape index (κ1) is 14.0. The van der Waals surface area contributed by atoms with E-state index in [4.69, 9.17) is 0 Å². The van der Waals surface area contributed by atoms with Crippen LogP contribution >= 0.6 is 11.3 Å².